The van der Waals surface area contributed by atoms with Crippen molar-refractivity contribution < 1.29 is 13.2 Å². The quantitative estimate of drug-likeness (QED) is 0.800. The summed E-state index contributed by atoms with van der Waals surface area (Å²) >= 11 is 3.34. The first kappa shape index (κ1) is 16.6. The molecule has 5 nitrogen and oxygen atoms in total. The topological polar surface area (TPSA) is 67.4 Å². The van der Waals surface area contributed by atoms with Crippen LogP contribution in [0.2, 0.25) is 0 Å². The number of nitrogens with one attached hydrogen (secondary N) is 2. The summed E-state index contributed by atoms with van der Waals surface area (Å²) in [5.74, 6) is 0.729. The number of rotatable bonds is 6. The van der Waals surface area contributed by atoms with Crippen molar-refractivity contribution in [2.24, 2.45) is 0 Å². The Balaban J connectivity index is 1.93. The molecule has 0 aliphatic carbocycles. The molecule has 21 heavy (non-hydrogen) atoms. The maximum absolute atomic E-state index is 12.1. The van der Waals surface area contributed by atoms with E-state index in [2.05, 4.69) is 26.0 Å². The van der Waals surface area contributed by atoms with E-state index in [1.807, 2.05) is 0 Å². The van der Waals surface area contributed by atoms with Crippen molar-refractivity contribution in [3.8, 4) is 5.75 Å². The van der Waals surface area contributed by atoms with E-state index >= 15 is 0 Å². The van der Waals surface area contributed by atoms with Gasteiger partial charge in [0, 0.05) is 12.1 Å². The van der Waals surface area contributed by atoms with Crippen LogP contribution in [0.5, 0.6) is 5.75 Å². The van der Waals surface area contributed by atoms with Crippen LogP contribution >= 0.6 is 15.9 Å². The predicted octanol–water partition coefficient (Wildman–Crippen LogP) is 2.73. The summed E-state index contributed by atoms with van der Waals surface area (Å²) in [4.78, 5) is 0. The highest BCUT2D eigenvalue weighted by molar-refractivity contribution is 9.10. The third-order valence-electron chi connectivity index (χ3n) is 3.57. The zero-order valence-electron chi connectivity index (χ0n) is 12.1. The van der Waals surface area contributed by atoms with Crippen molar-refractivity contribution in [2.45, 2.75) is 31.7 Å². The molecule has 0 aromatic heterocycles. The Labute approximate surface area is 134 Å². The molecule has 1 saturated heterocycles. The second-order valence-corrected chi connectivity index (χ2v) is 7.90. The minimum absolute atomic E-state index is 0.128. The van der Waals surface area contributed by atoms with Gasteiger partial charge in [-0.05, 0) is 53.9 Å². The lowest BCUT2D eigenvalue weighted by molar-refractivity contribution is 0.393. The number of methoxy groups -OCH3 is 1. The molecule has 0 bridgehead atoms. The second-order valence-electron chi connectivity index (χ2n) is 5.21. The van der Waals surface area contributed by atoms with Gasteiger partial charge < -0.3 is 10.1 Å². The molecule has 7 heteroatoms. The molecular weight excluding hydrogens is 356 g/mol. The van der Waals surface area contributed by atoms with Crippen molar-refractivity contribution in [2.75, 3.05) is 24.1 Å². The maximum atomic E-state index is 12.1. The second kappa shape index (κ2) is 7.47. The molecule has 1 unspecified atom stereocenters. The van der Waals surface area contributed by atoms with Crippen LogP contribution in [0, 0.1) is 0 Å². The van der Waals surface area contributed by atoms with Crippen LogP contribution in [-0.4, -0.2) is 33.9 Å². The number of ether oxygens (including phenoxy) is 1. The van der Waals surface area contributed by atoms with Gasteiger partial charge in [0.1, 0.15) is 5.75 Å². The molecule has 2 N–H and O–H groups in total. The smallest absolute Gasteiger partial charge is 0.232 e. The van der Waals surface area contributed by atoms with Crippen LogP contribution in [0.3, 0.4) is 0 Å². The zero-order valence-corrected chi connectivity index (χ0v) is 14.5. The van der Waals surface area contributed by atoms with Crippen LogP contribution < -0.4 is 14.8 Å². The summed E-state index contributed by atoms with van der Waals surface area (Å²) in [6.07, 6.45) is 4.06. The monoisotopic (exact) mass is 376 g/mol. The Hall–Kier alpha value is -0.790. The highest BCUT2D eigenvalue weighted by Gasteiger charge is 2.17. The minimum atomic E-state index is -3.33. The van der Waals surface area contributed by atoms with E-state index in [0.29, 0.717) is 23.9 Å². The maximum Gasteiger partial charge on any atom is 0.232 e. The number of hydrogen-bond acceptors (Lipinski definition) is 4. The van der Waals surface area contributed by atoms with E-state index in [0.717, 1.165) is 17.4 Å². The van der Waals surface area contributed by atoms with Crippen molar-refractivity contribution in [3.05, 3.63) is 22.7 Å². The third-order valence-corrected chi connectivity index (χ3v) is 5.55. The third kappa shape index (κ3) is 5.16. The largest absolute Gasteiger partial charge is 0.495 e. The first-order chi connectivity index (χ1) is 10.00. The van der Waals surface area contributed by atoms with E-state index in [-0.39, 0.29) is 5.75 Å². The molecule has 0 amide bonds. The van der Waals surface area contributed by atoms with Crippen LogP contribution in [0.4, 0.5) is 5.69 Å². The average molecular weight is 377 g/mol. The summed E-state index contributed by atoms with van der Waals surface area (Å²) in [6.45, 7) is 0.988. The summed E-state index contributed by atoms with van der Waals surface area (Å²) in [7, 11) is -1.78. The van der Waals surface area contributed by atoms with Gasteiger partial charge >= 0.3 is 0 Å². The van der Waals surface area contributed by atoms with E-state index in [4.69, 9.17) is 4.74 Å². The Morgan fingerprint density at radius 1 is 1.43 bits per heavy atom. The number of anilines is 1. The zero-order chi connectivity index (χ0) is 15.3. The Morgan fingerprint density at radius 3 is 2.90 bits per heavy atom. The van der Waals surface area contributed by atoms with Gasteiger partial charge in [-0.25, -0.2) is 8.42 Å². The number of halogens is 1. The first-order valence-corrected chi connectivity index (χ1v) is 9.52. The fraction of sp³-hybridized carbons (Fsp3) is 0.571. The normalized spacial score (nSPS) is 19.2. The van der Waals surface area contributed by atoms with Crippen LogP contribution in [0.15, 0.2) is 22.7 Å². The fourth-order valence-corrected chi connectivity index (χ4v) is 4.01. The van der Waals surface area contributed by atoms with E-state index < -0.39 is 10.0 Å². The van der Waals surface area contributed by atoms with Crippen LogP contribution in [-0.2, 0) is 10.0 Å². The van der Waals surface area contributed by atoms with Gasteiger partial charge in [0.25, 0.3) is 0 Å². The average Bonchev–Trinajstić information content (AvgIpc) is 2.48. The molecular formula is C14H21BrN2O3S. The lowest BCUT2D eigenvalue weighted by Gasteiger charge is -2.23. The van der Waals surface area contributed by atoms with Gasteiger partial charge in [-0.15, -0.1) is 0 Å². The summed E-state index contributed by atoms with van der Waals surface area (Å²) in [6, 6.07) is 5.46. The molecule has 1 atom stereocenters. The molecule has 1 aliphatic heterocycles. The van der Waals surface area contributed by atoms with Crippen molar-refractivity contribution in [3.63, 3.8) is 0 Å². The predicted molar refractivity (Wildman–Crippen MR) is 88.4 cm³/mol. The lowest BCUT2D eigenvalue weighted by atomic mass is 10.0. The molecule has 118 valence electrons. The van der Waals surface area contributed by atoms with Crippen LogP contribution in [0.25, 0.3) is 0 Å². The van der Waals surface area contributed by atoms with Gasteiger partial charge in [0.2, 0.25) is 10.0 Å². The molecule has 1 aromatic rings. The first-order valence-electron chi connectivity index (χ1n) is 7.07. The number of piperidine rings is 1. The summed E-state index contributed by atoms with van der Waals surface area (Å²) in [5, 5.41) is 3.36. The standard InChI is InChI=1S/C14H21BrN2O3S/c1-20-14-10-12(5-6-13(14)15)17-21(18,19)9-7-11-4-2-3-8-16-11/h5-6,10-11,16-17H,2-4,7-9H2,1H3. The Morgan fingerprint density at radius 2 is 2.24 bits per heavy atom. The fourth-order valence-electron chi connectivity index (χ4n) is 2.42. The van der Waals surface area contributed by atoms with E-state index in [1.165, 1.54) is 12.8 Å². The van der Waals surface area contributed by atoms with Gasteiger partial charge in [-0.1, -0.05) is 6.42 Å². The molecule has 0 radical (unpaired) electrons. The minimum Gasteiger partial charge on any atom is -0.495 e. The van der Waals surface area contributed by atoms with Crippen LogP contribution in [0.1, 0.15) is 25.7 Å². The molecule has 1 aliphatic rings. The van der Waals surface area contributed by atoms with E-state index in [1.54, 1.807) is 25.3 Å². The highest BCUT2D eigenvalue weighted by atomic mass is 79.9. The van der Waals surface area contributed by atoms with Gasteiger partial charge in [0.05, 0.1) is 23.0 Å². The molecule has 1 fully saturated rings. The van der Waals surface area contributed by atoms with Gasteiger partial charge in [-0.3, -0.25) is 4.72 Å². The Kier molecular flexibility index (Phi) is 5.89. The van der Waals surface area contributed by atoms with Gasteiger partial charge in [0.15, 0.2) is 0 Å². The molecule has 1 heterocycles. The molecule has 0 saturated carbocycles. The summed E-state index contributed by atoms with van der Waals surface area (Å²) < 4.78 is 32.8. The number of hydrogen-bond donors (Lipinski definition) is 2. The number of benzene rings is 1. The molecule has 2 rings (SSSR count). The Bertz CT molecular complexity index is 572. The lowest BCUT2D eigenvalue weighted by Crippen LogP contribution is -2.36. The molecule has 1 aromatic carbocycles. The highest BCUT2D eigenvalue weighted by Crippen LogP contribution is 2.28. The van der Waals surface area contributed by atoms with E-state index in [9.17, 15) is 8.42 Å². The SMILES string of the molecule is COc1cc(NS(=O)(=O)CCC2CCCCN2)ccc1Br. The van der Waals surface area contributed by atoms with Crippen molar-refractivity contribution in [1.82, 2.24) is 5.32 Å². The number of sulfonamides is 1. The van der Waals surface area contributed by atoms with Crippen molar-refractivity contribution >= 4 is 31.6 Å². The van der Waals surface area contributed by atoms with Gasteiger partial charge in [-0.2, -0.15) is 0 Å². The molecule has 0 spiro atoms. The van der Waals surface area contributed by atoms with Crippen molar-refractivity contribution in [1.29, 1.82) is 0 Å². The summed E-state index contributed by atoms with van der Waals surface area (Å²) in [5.41, 5.74) is 0.520.